The summed E-state index contributed by atoms with van der Waals surface area (Å²) in [5.74, 6) is -0.716. The minimum atomic E-state index is -3.24. The summed E-state index contributed by atoms with van der Waals surface area (Å²) in [6.45, 7) is 29.2. The fourth-order valence-corrected chi connectivity index (χ4v) is 8.92. The maximum Gasteiger partial charge on any atom is 0.257 e. The summed E-state index contributed by atoms with van der Waals surface area (Å²) in [5.41, 5.74) is -0.262. The van der Waals surface area contributed by atoms with Crippen LogP contribution in [0.25, 0.3) is 0 Å². The Morgan fingerprint density at radius 1 is 1.02 bits per heavy atom. The molecule has 0 aromatic carbocycles. The van der Waals surface area contributed by atoms with Crippen LogP contribution < -0.4 is 0 Å². The highest BCUT2D eigenvalue weighted by atomic mass is 31.2. The Bertz CT molecular complexity index is 1180. The van der Waals surface area contributed by atoms with E-state index >= 15 is 0 Å². The van der Waals surface area contributed by atoms with Crippen molar-refractivity contribution < 1.29 is 37.5 Å². The molecule has 3 aliphatic rings. The largest absolute Gasteiger partial charge is 0.414 e. The van der Waals surface area contributed by atoms with Crippen molar-refractivity contribution in [1.82, 2.24) is 19.8 Å². The third-order valence-electron chi connectivity index (χ3n) is 10.2. The van der Waals surface area contributed by atoms with E-state index in [1.807, 2.05) is 18.7 Å². The first-order valence-corrected chi connectivity index (χ1v) is 23.5. The summed E-state index contributed by atoms with van der Waals surface area (Å²) >= 11 is 0. The fraction of sp³-hybridized carbons (Fsp3) is 0.914. The van der Waals surface area contributed by atoms with Crippen LogP contribution in [-0.2, 0) is 37.5 Å². The third kappa shape index (κ3) is 11.6. The van der Waals surface area contributed by atoms with E-state index in [0.29, 0.717) is 32.7 Å². The molecule has 3 aliphatic heterocycles. The molecule has 0 saturated carbocycles. The Hall–Kier alpha value is -1.34. The molecule has 0 aliphatic carbocycles. The number of piperazine rings is 1. The quantitative estimate of drug-likeness (QED) is 0.124. The highest BCUT2D eigenvalue weighted by Gasteiger charge is 2.55. The van der Waals surface area contributed by atoms with Crippen LogP contribution in [0.1, 0.15) is 88.0 Å². The van der Waals surface area contributed by atoms with Crippen molar-refractivity contribution >= 4 is 33.4 Å². The van der Waals surface area contributed by atoms with Gasteiger partial charge in [0, 0.05) is 32.3 Å². The summed E-state index contributed by atoms with van der Waals surface area (Å²) in [7, 11) is -5.03. The van der Waals surface area contributed by atoms with Gasteiger partial charge < -0.3 is 28.4 Å². The fourth-order valence-electron chi connectivity index (χ4n) is 6.63. The summed E-state index contributed by atoms with van der Waals surface area (Å²) in [6.07, 6.45) is 0.345. The Kier molecular flexibility index (Phi) is 14.6. The highest BCUT2D eigenvalue weighted by molar-refractivity contribution is 7.59. The smallest absolute Gasteiger partial charge is 0.257 e. The van der Waals surface area contributed by atoms with Gasteiger partial charge in [0.25, 0.3) is 11.8 Å². The van der Waals surface area contributed by atoms with E-state index in [4.69, 9.17) is 18.5 Å². The lowest BCUT2D eigenvalue weighted by molar-refractivity contribution is -0.277. The Morgan fingerprint density at radius 3 is 2.20 bits per heavy atom. The maximum atomic E-state index is 14.4. The first kappa shape index (κ1) is 42.1. The number of amides is 3. The van der Waals surface area contributed by atoms with Crippen molar-refractivity contribution in [2.75, 3.05) is 65.4 Å². The molecule has 3 heterocycles. The van der Waals surface area contributed by atoms with E-state index in [1.165, 1.54) is 11.7 Å². The summed E-state index contributed by atoms with van der Waals surface area (Å²) in [4.78, 5) is 54.3. The minimum absolute atomic E-state index is 0.0339. The van der Waals surface area contributed by atoms with Gasteiger partial charge in [0.2, 0.25) is 13.3 Å². The van der Waals surface area contributed by atoms with E-state index in [0.717, 1.165) is 32.5 Å². The van der Waals surface area contributed by atoms with E-state index < -0.39 is 39.9 Å². The number of likely N-dealkylation sites (tertiary alicyclic amines) is 1. The Balaban J connectivity index is 1.73. The normalized spacial score (nSPS) is 24.8. The molecular weight excluding hydrogens is 663 g/mol. The van der Waals surface area contributed by atoms with Gasteiger partial charge in [-0.1, -0.05) is 55.4 Å². The highest BCUT2D eigenvalue weighted by Crippen LogP contribution is 2.44. The number of ether oxygens (including phenoxy) is 1. The van der Waals surface area contributed by atoms with Gasteiger partial charge in [-0.25, -0.2) is 0 Å². The number of rotatable bonds is 15. The van der Waals surface area contributed by atoms with Crippen LogP contribution in [0.5, 0.6) is 0 Å². The molecule has 3 rings (SSSR count). The first-order chi connectivity index (χ1) is 22.6. The zero-order valence-corrected chi connectivity index (χ0v) is 34.5. The second kappa shape index (κ2) is 17.0. The van der Waals surface area contributed by atoms with Crippen molar-refractivity contribution in [3.8, 4) is 0 Å². The summed E-state index contributed by atoms with van der Waals surface area (Å²) in [5, 5.41) is 1.42. The van der Waals surface area contributed by atoms with E-state index in [2.05, 4.69) is 59.5 Å². The Morgan fingerprint density at radius 2 is 1.65 bits per heavy atom. The predicted molar refractivity (Wildman–Crippen MR) is 195 cm³/mol. The molecular formula is C35H67N4O8PSi. The van der Waals surface area contributed by atoms with Crippen molar-refractivity contribution in [3.63, 3.8) is 0 Å². The van der Waals surface area contributed by atoms with Crippen molar-refractivity contribution in [3.05, 3.63) is 0 Å². The van der Waals surface area contributed by atoms with Crippen LogP contribution in [0.3, 0.4) is 0 Å². The number of nitrogens with zero attached hydrogens (tertiary/aromatic N) is 4. The van der Waals surface area contributed by atoms with Gasteiger partial charge in [-0.15, -0.1) is 0 Å². The number of fused-ring (bicyclic) bond motifs is 1. The Labute approximate surface area is 297 Å². The molecule has 0 aromatic rings. The van der Waals surface area contributed by atoms with Gasteiger partial charge in [0.05, 0.1) is 33.0 Å². The molecule has 14 heteroatoms. The van der Waals surface area contributed by atoms with Gasteiger partial charge in [0.1, 0.15) is 12.2 Å². The van der Waals surface area contributed by atoms with Crippen LogP contribution in [0.15, 0.2) is 0 Å². The van der Waals surface area contributed by atoms with Crippen LogP contribution in [-0.4, -0.2) is 136 Å². The van der Waals surface area contributed by atoms with Gasteiger partial charge in [0.15, 0.2) is 20.6 Å². The van der Waals surface area contributed by atoms with E-state index in [1.54, 1.807) is 11.8 Å². The molecule has 3 fully saturated rings. The monoisotopic (exact) mass is 730 g/mol. The summed E-state index contributed by atoms with van der Waals surface area (Å²) in [6, 6.07) is -0.770. The third-order valence-corrected chi connectivity index (χ3v) is 16.4. The van der Waals surface area contributed by atoms with Gasteiger partial charge >= 0.3 is 0 Å². The second-order valence-electron chi connectivity index (χ2n) is 17.3. The molecule has 12 nitrogen and oxygen atoms in total. The van der Waals surface area contributed by atoms with E-state index in [9.17, 15) is 18.9 Å². The van der Waals surface area contributed by atoms with Crippen LogP contribution in [0, 0.1) is 11.3 Å². The zero-order valence-electron chi connectivity index (χ0n) is 32.6. The molecule has 0 spiro atoms. The van der Waals surface area contributed by atoms with Crippen molar-refractivity contribution in [2.45, 2.75) is 130 Å². The summed E-state index contributed by atoms with van der Waals surface area (Å²) < 4.78 is 30.7. The molecule has 49 heavy (non-hydrogen) atoms. The molecule has 3 saturated heterocycles. The van der Waals surface area contributed by atoms with Gasteiger partial charge in [-0.3, -0.25) is 23.8 Å². The van der Waals surface area contributed by atoms with Crippen molar-refractivity contribution in [1.29, 1.82) is 0 Å². The molecule has 0 radical (unpaired) electrons. The second-order valence-corrected chi connectivity index (χ2v) is 24.7. The first-order valence-electron chi connectivity index (χ1n) is 18.3. The van der Waals surface area contributed by atoms with E-state index in [-0.39, 0.29) is 53.5 Å². The average Bonchev–Trinajstić information content (AvgIpc) is 2.96. The predicted octanol–water partition coefficient (Wildman–Crippen LogP) is 5.42. The molecule has 3 amide bonds. The molecule has 0 N–H and O–H groups in total. The number of hydrogen-bond acceptors (Lipinski definition) is 9. The molecule has 0 aromatic heterocycles. The van der Waals surface area contributed by atoms with Crippen molar-refractivity contribution in [2.24, 2.45) is 11.3 Å². The minimum Gasteiger partial charge on any atom is -0.414 e. The number of hydroxylamine groups is 2. The lowest BCUT2D eigenvalue weighted by Crippen LogP contribution is -2.75. The van der Waals surface area contributed by atoms with Gasteiger partial charge in [-0.05, 0) is 62.1 Å². The standard InChI is InChI=1S/C35H67N4O8PSi/c1-13-45-48(10,43)25-31(40)39-30-24-37(32(41)28(23-34(4,5)6)38(30)33(42)29(47-39)22-26(2)3)27-14-16-36(17-15-27)18-19-44-20-21-46-49(11,12)35(7,8)9/h26-30H,13-25H2,1-12H3/t28-,29+,30-,48?/m0/s1. The number of piperidine rings is 1. The molecule has 0 bridgehead atoms. The number of hydrogen-bond donors (Lipinski definition) is 0. The van der Waals surface area contributed by atoms with Crippen LogP contribution >= 0.6 is 7.37 Å². The van der Waals surface area contributed by atoms with Gasteiger partial charge in [-0.2, -0.15) is 5.06 Å². The maximum absolute atomic E-state index is 14.4. The average molecular weight is 731 g/mol. The number of carbonyl (C=O) groups excluding carboxylic acids is 3. The topological polar surface area (TPSA) is 118 Å². The molecule has 284 valence electrons. The lowest BCUT2D eigenvalue weighted by Gasteiger charge is -2.55. The zero-order chi connectivity index (χ0) is 36.9. The number of carbonyl (C=O) groups is 3. The SMILES string of the molecule is CCOP(C)(=O)CC(=O)N1O[C@H](CC(C)C)C(=O)N2[C@@H]1CN(C1CCN(CCOCCO[Si](C)(C)C(C)(C)C)CC1)C(=O)[C@@H]2CC(C)(C)C. The van der Waals surface area contributed by atoms with Crippen LogP contribution in [0.2, 0.25) is 18.1 Å². The van der Waals surface area contributed by atoms with Crippen LogP contribution in [0.4, 0.5) is 0 Å². The lowest BCUT2D eigenvalue weighted by atomic mass is 9.84. The molecule has 1 unspecified atom stereocenters. The molecule has 4 atom stereocenters.